The Bertz CT molecular complexity index is 410. The number of carbonyl (C=O) groups excluding carboxylic acids is 1. The van der Waals surface area contributed by atoms with Gasteiger partial charge in [0.2, 0.25) is 0 Å². The number of rotatable bonds is 5. The van der Waals surface area contributed by atoms with Gasteiger partial charge in [-0.1, -0.05) is 0 Å². The van der Waals surface area contributed by atoms with E-state index in [0.717, 1.165) is 5.69 Å². The van der Waals surface area contributed by atoms with E-state index in [2.05, 4.69) is 36.4 Å². The number of aromatic nitrogens is 1. The Hall–Kier alpha value is -1.62. The van der Waals surface area contributed by atoms with Crippen molar-refractivity contribution in [3.8, 4) is 5.75 Å². The average molecular weight is 265 g/mol. The van der Waals surface area contributed by atoms with Crippen LogP contribution >= 0.6 is 0 Å². The number of hydrogen-bond acceptors (Lipinski definition) is 4. The molecule has 106 valence electrons. The van der Waals surface area contributed by atoms with E-state index in [0.29, 0.717) is 12.3 Å². The lowest BCUT2D eigenvalue weighted by Gasteiger charge is -2.20. The first-order chi connectivity index (χ1) is 8.81. The van der Waals surface area contributed by atoms with Crippen molar-refractivity contribution in [3.05, 3.63) is 24.0 Å². The first-order valence-electron chi connectivity index (χ1n) is 6.40. The summed E-state index contributed by atoms with van der Waals surface area (Å²) in [6.45, 7) is 8.73. The van der Waals surface area contributed by atoms with Gasteiger partial charge in [0.1, 0.15) is 5.75 Å². The van der Waals surface area contributed by atoms with Gasteiger partial charge in [0.25, 0.3) is 5.91 Å². The Morgan fingerprint density at radius 2 is 2.11 bits per heavy atom. The van der Waals surface area contributed by atoms with Crippen LogP contribution in [-0.2, 0) is 11.3 Å². The Morgan fingerprint density at radius 3 is 2.58 bits per heavy atom. The predicted octanol–water partition coefficient (Wildman–Crippen LogP) is 1.48. The monoisotopic (exact) mass is 265 g/mol. The highest BCUT2D eigenvalue weighted by atomic mass is 16.5. The molecule has 0 saturated heterocycles. The van der Waals surface area contributed by atoms with Gasteiger partial charge < -0.3 is 15.4 Å². The fourth-order valence-electron chi connectivity index (χ4n) is 1.40. The van der Waals surface area contributed by atoms with E-state index in [1.165, 1.54) is 0 Å². The maximum atomic E-state index is 11.3. The first-order valence-corrected chi connectivity index (χ1v) is 6.40. The van der Waals surface area contributed by atoms with E-state index < -0.39 is 6.10 Å². The number of carbonyl (C=O) groups is 1. The fourth-order valence-corrected chi connectivity index (χ4v) is 1.40. The van der Waals surface area contributed by atoms with Crippen LogP contribution in [0.4, 0.5) is 0 Å². The zero-order valence-corrected chi connectivity index (χ0v) is 12.3. The lowest BCUT2D eigenvalue weighted by molar-refractivity contribution is -0.126. The predicted molar refractivity (Wildman–Crippen MR) is 75.0 cm³/mol. The number of likely N-dealkylation sites (N-methyl/N-ethyl adjacent to an activating group) is 1. The van der Waals surface area contributed by atoms with Crippen LogP contribution in [0.25, 0.3) is 0 Å². The van der Waals surface area contributed by atoms with E-state index >= 15 is 0 Å². The van der Waals surface area contributed by atoms with Gasteiger partial charge in [-0.25, -0.2) is 0 Å². The van der Waals surface area contributed by atoms with Gasteiger partial charge in [-0.05, 0) is 39.8 Å². The summed E-state index contributed by atoms with van der Waals surface area (Å²) in [6, 6.07) is 3.72. The standard InChI is InChI=1S/C14H23N3O2/c1-10(13(18)15-5)19-12-7-6-11(16-9-12)8-17-14(2,3)4/h6-7,9-10,17H,8H2,1-5H3,(H,15,18). The molecule has 1 unspecified atom stereocenters. The number of nitrogens with zero attached hydrogens (tertiary/aromatic N) is 1. The van der Waals surface area contributed by atoms with E-state index in [4.69, 9.17) is 4.74 Å². The van der Waals surface area contributed by atoms with Crippen molar-refractivity contribution in [1.82, 2.24) is 15.6 Å². The van der Waals surface area contributed by atoms with Gasteiger partial charge in [-0.3, -0.25) is 9.78 Å². The number of hydrogen-bond donors (Lipinski definition) is 2. The molecule has 0 aliphatic rings. The quantitative estimate of drug-likeness (QED) is 0.846. The molecule has 0 saturated carbocycles. The van der Waals surface area contributed by atoms with E-state index in [1.807, 2.05) is 12.1 Å². The molecule has 0 fully saturated rings. The second-order valence-corrected chi connectivity index (χ2v) is 5.46. The summed E-state index contributed by atoms with van der Waals surface area (Å²) in [7, 11) is 1.59. The molecular weight excluding hydrogens is 242 g/mol. The molecule has 1 amide bonds. The largest absolute Gasteiger partial charge is 0.479 e. The Kier molecular flexibility index (Phi) is 5.30. The molecule has 0 aromatic carbocycles. The van der Waals surface area contributed by atoms with Crippen LogP contribution in [0.15, 0.2) is 18.3 Å². The van der Waals surface area contributed by atoms with Crippen LogP contribution in [0, 0.1) is 0 Å². The van der Waals surface area contributed by atoms with Crippen molar-refractivity contribution >= 4 is 5.91 Å². The summed E-state index contributed by atoms with van der Waals surface area (Å²) < 4.78 is 5.47. The summed E-state index contributed by atoms with van der Waals surface area (Å²) in [5, 5.41) is 5.90. The second kappa shape index (κ2) is 6.52. The molecule has 0 aliphatic carbocycles. The molecule has 1 aromatic heterocycles. The van der Waals surface area contributed by atoms with Crippen molar-refractivity contribution < 1.29 is 9.53 Å². The molecule has 1 atom stereocenters. The van der Waals surface area contributed by atoms with E-state index in [9.17, 15) is 4.79 Å². The molecule has 5 nitrogen and oxygen atoms in total. The lowest BCUT2D eigenvalue weighted by atomic mass is 10.1. The molecular formula is C14H23N3O2. The molecule has 2 N–H and O–H groups in total. The number of nitrogens with one attached hydrogen (secondary N) is 2. The molecule has 19 heavy (non-hydrogen) atoms. The highest BCUT2D eigenvalue weighted by Crippen LogP contribution is 2.12. The molecule has 0 aliphatic heterocycles. The van der Waals surface area contributed by atoms with Crippen molar-refractivity contribution in [2.75, 3.05) is 7.05 Å². The summed E-state index contributed by atoms with van der Waals surface area (Å²) in [4.78, 5) is 15.6. The van der Waals surface area contributed by atoms with Crippen LogP contribution in [-0.4, -0.2) is 29.6 Å². The Balaban J connectivity index is 2.54. The minimum Gasteiger partial charge on any atom is -0.479 e. The maximum absolute atomic E-state index is 11.3. The second-order valence-electron chi connectivity index (χ2n) is 5.46. The van der Waals surface area contributed by atoms with Crippen molar-refractivity contribution in [3.63, 3.8) is 0 Å². The Morgan fingerprint density at radius 1 is 1.42 bits per heavy atom. The third-order valence-corrected chi connectivity index (χ3v) is 2.53. The van der Waals surface area contributed by atoms with E-state index in [-0.39, 0.29) is 11.4 Å². The minimum absolute atomic E-state index is 0.0601. The molecule has 1 aromatic rings. The highest BCUT2D eigenvalue weighted by Gasteiger charge is 2.13. The molecule has 1 heterocycles. The summed E-state index contributed by atoms with van der Waals surface area (Å²) in [5.41, 5.74) is 1.000. The van der Waals surface area contributed by atoms with Crippen LogP contribution in [0.5, 0.6) is 5.75 Å². The maximum Gasteiger partial charge on any atom is 0.260 e. The van der Waals surface area contributed by atoms with Gasteiger partial charge in [0, 0.05) is 19.1 Å². The Labute approximate surface area is 114 Å². The van der Waals surface area contributed by atoms with Gasteiger partial charge in [-0.2, -0.15) is 0 Å². The van der Waals surface area contributed by atoms with Gasteiger partial charge in [-0.15, -0.1) is 0 Å². The third kappa shape index (κ3) is 5.70. The van der Waals surface area contributed by atoms with Crippen LogP contribution in [0.3, 0.4) is 0 Å². The van der Waals surface area contributed by atoms with E-state index in [1.54, 1.807) is 20.2 Å². The highest BCUT2D eigenvalue weighted by molar-refractivity contribution is 5.80. The summed E-state index contributed by atoms with van der Waals surface area (Å²) in [6.07, 6.45) is 1.12. The zero-order chi connectivity index (χ0) is 14.5. The van der Waals surface area contributed by atoms with Crippen LogP contribution in [0.2, 0.25) is 0 Å². The van der Waals surface area contributed by atoms with Crippen LogP contribution in [0.1, 0.15) is 33.4 Å². The fraction of sp³-hybridized carbons (Fsp3) is 0.571. The van der Waals surface area contributed by atoms with Crippen LogP contribution < -0.4 is 15.4 Å². The SMILES string of the molecule is CNC(=O)C(C)Oc1ccc(CNC(C)(C)C)nc1. The molecule has 5 heteroatoms. The molecule has 1 rings (SSSR count). The van der Waals surface area contributed by atoms with Gasteiger partial charge >= 0.3 is 0 Å². The van der Waals surface area contributed by atoms with Crippen molar-refractivity contribution in [1.29, 1.82) is 0 Å². The number of amides is 1. The molecule has 0 bridgehead atoms. The normalized spacial score (nSPS) is 12.9. The third-order valence-electron chi connectivity index (χ3n) is 2.53. The zero-order valence-electron chi connectivity index (χ0n) is 12.3. The van der Waals surface area contributed by atoms with Crippen molar-refractivity contribution in [2.45, 2.75) is 45.9 Å². The summed E-state index contributed by atoms with van der Waals surface area (Å²) in [5.74, 6) is 0.439. The number of ether oxygens (including phenoxy) is 1. The lowest BCUT2D eigenvalue weighted by Crippen LogP contribution is -2.35. The minimum atomic E-state index is -0.523. The molecule has 0 radical (unpaired) electrons. The van der Waals surface area contributed by atoms with Crippen molar-refractivity contribution in [2.24, 2.45) is 0 Å². The molecule has 0 spiro atoms. The van der Waals surface area contributed by atoms with Gasteiger partial charge in [0.15, 0.2) is 6.10 Å². The smallest absolute Gasteiger partial charge is 0.260 e. The van der Waals surface area contributed by atoms with Gasteiger partial charge in [0.05, 0.1) is 11.9 Å². The topological polar surface area (TPSA) is 63.2 Å². The first kappa shape index (κ1) is 15.4. The number of pyridine rings is 1. The summed E-state index contributed by atoms with van der Waals surface area (Å²) >= 11 is 0. The average Bonchev–Trinajstić information content (AvgIpc) is 2.36.